The lowest BCUT2D eigenvalue weighted by Crippen LogP contribution is -2.58. The average Bonchev–Trinajstić information content (AvgIpc) is 2.72. The highest BCUT2D eigenvalue weighted by Crippen LogP contribution is 2.34. The summed E-state index contributed by atoms with van der Waals surface area (Å²) in [6, 6.07) is 9.41. The Balaban J connectivity index is 2.44. The first-order valence-corrected chi connectivity index (χ1v) is 13.6. The van der Waals surface area contributed by atoms with Crippen LogP contribution < -0.4 is 0 Å². The van der Waals surface area contributed by atoms with Gasteiger partial charge in [0.25, 0.3) is 5.91 Å². The van der Waals surface area contributed by atoms with Gasteiger partial charge in [-0.25, -0.2) is 0 Å². The predicted molar refractivity (Wildman–Crippen MR) is 120 cm³/mol. The fourth-order valence-electron chi connectivity index (χ4n) is 3.50. The summed E-state index contributed by atoms with van der Waals surface area (Å²) in [5, 5.41) is 0. The van der Waals surface area contributed by atoms with E-state index in [2.05, 4.69) is 6.92 Å². The lowest BCUT2D eigenvalue weighted by molar-refractivity contribution is -0.161. The van der Waals surface area contributed by atoms with E-state index < -0.39 is 14.6 Å². The van der Waals surface area contributed by atoms with Crippen molar-refractivity contribution in [2.45, 2.75) is 65.1 Å². The van der Waals surface area contributed by atoms with Gasteiger partial charge in [0.2, 0.25) is 9.04 Å². The van der Waals surface area contributed by atoms with Gasteiger partial charge < -0.3 is 13.9 Å². The molecule has 0 saturated carbocycles. The van der Waals surface area contributed by atoms with Crippen molar-refractivity contribution in [3.05, 3.63) is 41.7 Å². The highest BCUT2D eigenvalue weighted by Gasteiger charge is 2.46. The molecular formula is C23H35NO5Si. The Kier molecular flexibility index (Phi) is 9.11. The summed E-state index contributed by atoms with van der Waals surface area (Å²) in [6.45, 7) is 10.5. The van der Waals surface area contributed by atoms with E-state index in [9.17, 15) is 9.59 Å². The van der Waals surface area contributed by atoms with Crippen LogP contribution in [0.2, 0.25) is 13.1 Å². The molecule has 0 spiro atoms. The lowest BCUT2D eigenvalue weighted by Gasteiger charge is -2.42. The van der Waals surface area contributed by atoms with Crippen LogP contribution in [0.5, 0.6) is 0 Å². The zero-order valence-corrected chi connectivity index (χ0v) is 20.1. The summed E-state index contributed by atoms with van der Waals surface area (Å²) in [7, 11) is -1.61. The molecule has 30 heavy (non-hydrogen) atoms. The Morgan fingerprint density at radius 3 is 2.50 bits per heavy atom. The van der Waals surface area contributed by atoms with Gasteiger partial charge in [0.05, 0.1) is 5.57 Å². The number of benzene rings is 1. The average molecular weight is 434 g/mol. The molecule has 0 radical (unpaired) electrons. The summed E-state index contributed by atoms with van der Waals surface area (Å²) in [6.07, 6.45) is 3.39. The molecule has 0 fully saturated rings. The van der Waals surface area contributed by atoms with Crippen LogP contribution in [0, 0.1) is 0 Å². The second kappa shape index (κ2) is 11.3. The maximum Gasteiger partial charge on any atom is 0.318 e. The molecule has 7 heteroatoms. The van der Waals surface area contributed by atoms with Crippen molar-refractivity contribution in [3.8, 4) is 0 Å². The van der Waals surface area contributed by atoms with Gasteiger partial charge in [-0.2, -0.15) is 0 Å². The fourth-order valence-corrected chi connectivity index (χ4v) is 4.18. The Morgan fingerprint density at radius 2 is 1.90 bits per heavy atom. The molecule has 0 aromatic heterocycles. The van der Waals surface area contributed by atoms with Crippen LogP contribution in [0.25, 0.3) is 5.57 Å². The minimum Gasteiger partial charge on any atom is -0.521 e. The van der Waals surface area contributed by atoms with Gasteiger partial charge in [-0.05, 0) is 38.9 Å². The lowest BCUT2D eigenvalue weighted by atomic mass is 9.90. The molecule has 6 nitrogen and oxygen atoms in total. The highest BCUT2D eigenvalue weighted by atomic mass is 28.3. The number of carbonyl (C=O) groups excluding carboxylic acids is 2. The quantitative estimate of drug-likeness (QED) is 0.388. The SMILES string of the molecule is CCCCCC(C)(C(=O)O[SiH](C)C)N1COC(COCC)=C(c2ccccc2)C1=O. The zero-order chi connectivity index (χ0) is 22.1. The van der Waals surface area contributed by atoms with Crippen LogP contribution in [-0.2, 0) is 23.5 Å². The van der Waals surface area contributed by atoms with Gasteiger partial charge in [0.15, 0.2) is 6.73 Å². The minimum absolute atomic E-state index is 0.00888. The van der Waals surface area contributed by atoms with Crippen molar-refractivity contribution in [2.75, 3.05) is 19.9 Å². The van der Waals surface area contributed by atoms with Gasteiger partial charge >= 0.3 is 5.97 Å². The molecule has 2 rings (SSSR count). The molecule has 1 atom stereocenters. The van der Waals surface area contributed by atoms with Crippen molar-refractivity contribution in [3.63, 3.8) is 0 Å². The minimum atomic E-state index is -1.61. The number of hydrogen-bond donors (Lipinski definition) is 0. The maximum absolute atomic E-state index is 13.7. The number of hydrogen-bond acceptors (Lipinski definition) is 5. The van der Waals surface area contributed by atoms with E-state index in [-0.39, 0.29) is 25.2 Å². The zero-order valence-electron chi connectivity index (χ0n) is 18.9. The number of amides is 1. The Morgan fingerprint density at radius 1 is 1.20 bits per heavy atom. The molecule has 1 aliphatic rings. The Bertz CT molecular complexity index is 749. The van der Waals surface area contributed by atoms with Crippen LogP contribution in [-0.4, -0.2) is 51.3 Å². The monoisotopic (exact) mass is 433 g/mol. The summed E-state index contributed by atoms with van der Waals surface area (Å²) >= 11 is 0. The van der Waals surface area contributed by atoms with Gasteiger partial charge in [-0.15, -0.1) is 0 Å². The van der Waals surface area contributed by atoms with Crippen molar-refractivity contribution in [2.24, 2.45) is 0 Å². The first-order chi connectivity index (χ1) is 14.3. The fraction of sp³-hybridized carbons (Fsp3) is 0.565. The van der Waals surface area contributed by atoms with Crippen LogP contribution in [0.15, 0.2) is 36.1 Å². The predicted octanol–water partition coefficient (Wildman–Crippen LogP) is 4.12. The third-order valence-electron chi connectivity index (χ3n) is 5.25. The van der Waals surface area contributed by atoms with E-state index in [4.69, 9.17) is 13.9 Å². The molecule has 1 heterocycles. The van der Waals surface area contributed by atoms with Crippen LogP contribution in [0.4, 0.5) is 0 Å². The molecule has 0 aliphatic carbocycles. The molecule has 1 aliphatic heterocycles. The highest BCUT2D eigenvalue weighted by molar-refractivity contribution is 6.50. The normalized spacial score (nSPS) is 16.5. The third kappa shape index (κ3) is 5.73. The topological polar surface area (TPSA) is 65.1 Å². The second-order valence-corrected chi connectivity index (χ2v) is 10.3. The molecule has 0 N–H and O–H groups in total. The van der Waals surface area contributed by atoms with E-state index in [1.165, 1.54) is 0 Å². The first kappa shape index (κ1) is 24.1. The molecule has 1 unspecified atom stereocenters. The molecule has 0 bridgehead atoms. The molecule has 0 saturated heterocycles. The van der Waals surface area contributed by atoms with Crippen molar-refractivity contribution < 1.29 is 23.5 Å². The first-order valence-electron chi connectivity index (χ1n) is 10.9. The molecule has 1 aromatic rings. The number of unbranched alkanes of at least 4 members (excludes halogenated alkanes) is 2. The van der Waals surface area contributed by atoms with Gasteiger partial charge in [0.1, 0.15) is 17.9 Å². The molecule has 1 aromatic carbocycles. The molecule has 1 amide bonds. The number of carbonyl (C=O) groups is 2. The summed E-state index contributed by atoms with van der Waals surface area (Å²) in [5.74, 6) is -0.0479. The Labute approximate surface area is 181 Å². The van der Waals surface area contributed by atoms with Crippen LogP contribution in [0.3, 0.4) is 0 Å². The van der Waals surface area contributed by atoms with E-state index in [0.29, 0.717) is 24.4 Å². The van der Waals surface area contributed by atoms with Gasteiger partial charge in [0, 0.05) is 6.61 Å². The molecular weight excluding hydrogens is 398 g/mol. The smallest absolute Gasteiger partial charge is 0.318 e. The summed E-state index contributed by atoms with van der Waals surface area (Å²) < 4.78 is 17.2. The van der Waals surface area contributed by atoms with E-state index in [1.54, 1.807) is 11.8 Å². The largest absolute Gasteiger partial charge is 0.521 e. The van der Waals surface area contributed by atoms with Gasteiger partial charge in [-0.1, -0.05) is 56.5 Å². The Hall–Kier alpha value is -2.12. The third-order valence-corrected chi connectivity index (χ3v) is 5.94. The van der Waals surface area contributed by atoms with E-state index in [1.807, 2.05) is 50.3 Å². The number of ether oxygens (including phenoxy) is 2. The maximum atomic E-state index is 13.7. The molecule has 166 valence electrons. The standard InChI is InChI=1S/C23H35NO5Si/c1-6-8-12-15-23(3,22(26)29-30(4)5)24-17-28-19(16-27-7-2)20(21(24)25)18-13-10-9-11-14-18/h9-11,13-14,30H,6-8,12,15-17H2,1-5H3. The number of rotatable bonds is 11. The summed E-state index contributed by atoms with van der Waals surface area (Å²) in [5.41, 5.74) is 0.136. The van der Waals surface area contributed by atoms with Crippen LogP contribution >= 0.6 is 0 Å². The van der Waals surface area contributed by atoms with Crippen molar-refractivity contribution in [1.29, 1.82) is 0 Å². The summed E-state index contributed by atoms with van der Waals surface area (Å²) in [4.78, 5) is 28.4. The van der Waals surface area contributed by atoms with Gasteiger partial charge in [-0.3, -0.25) is 14.5 Å². The van der Waals surface area contributed by atoms with Crippen LogP contribution in [0.1, 0.15) is 52.0 Å². The van der Waals surface area contributed by atoms with Crippen molar-refractivity contribution >= 4 is 26.5 Å². The second-order valence-electron chi connectivity index (χ2n) is 7.99. The van der Waals surface area contributed by atoms with Crippen molar-refractivity contribution in [1.82, 2.24) is 4.90 Å². The number of nitrogens with zero attached hydrogens (tertiary/aromatic N) is 1. The van der Waals surface area contributed by atoms with E-state index >= 15 is 0 Å². The van der Waals surface area contributed by atoms with E-state index in [0.717, 1.165) is 24.8 Å².